The van der Waals surface area contributed by atoms with Crippen LogP contribution in [-0.2, 0) is 10.0 Å². The summed E-state index contributed by atoms with van der Waals surface area (Å²) in [5.74, 6) is -0.909. The van der Waals surface area contributed by atoms with E-state index in [-0.39, 0.29) is 28.1 Å². The van der Waals surface area contributed by atoms with Gasteiger partial charge in [-0.15, -0.1) is 0 Å². The van der Waals surface area contributed by atoms with Gasteiger partial charge >= 0.3 is 0 Å². The number of benzene rings is 2. The van der Waals surface area contributed by atoms with Crippen LogP contribution in [0, 0.1) is 5.82 Å². The normalized spacial score (nSPS) is 15.6. The topological polar surface area (TPSA) is 66.5 Å². The number of amides is 1. The molecule has 1 N–H and O–H groups in total. The molecule has 150 valence electrons. The highest BCUT2D eigenvalue weighted by atomic mass is 32.2. The number of nitrogens with one attached hydrogen (secondary N) is 1. The molecule has 0 aliphatic heterocycles. The van der Waals surface area contributed by atoms with E-state index >= 15 is 0 Å². The minimum absolute atomic E-state index is 0.0455. The van der Waals surface area contributed by atoms with Crippen molar-refractivity contribution in [3.05, 3.63) is 59.9 Å². The van der Waals surface area contributed by atoms with E-state index in [2.05, 4.69) is 5.32 Å². The summed E-state index contributed by atoms with van der Waals surface area (Å²) in [5, 5.41) is 3.02. The third-order valence-electron chi connectivity index (χ3n) is 5.14. The number of halogens is 1. The highest BCUT2D eigenvalue weighted by Gasteiger charge is 2.25. The lowest BCUT2D eigenvalue weighted by Crippen LogP contribution is -2.34. The second kappa shape index (κ2) is 8.73. The largest absolute Gasteiger partial charge is 0.349 e. The van der Waals surface area contributed by atoms with Gasteiger partial charge in [0.15, 0.2) is 0 Å². The molecule has 7 heteroatoms. The van der Waals surface area contributed by atoms with Crippen molar-refractivity contribution >= 4 is 21.6 Å². The maximum atomic E-state index is 14.0. The van der Waals surface area contributed by atoms with Crippen molar-refractivity contribution < 1.29 is 17.6 Å². The first-order valence-corrected chi connectivity index (χ1v) is 11.0. The Labute approximate surface area is 165 Å². The molecule has 0 atom stereocenters. The third-order valence-corrected chi connectivity index (χ3v) is 6.90. The average Bonchev–Trinajstić information content (AvgIpc) is 2.96. The molecule has 1 fully saturated rings. The molecule has 0 bridgehead atoms. The van der Waals surface area contributed by atoms with Crippen LogP contribution in [0.4, 0.5) is 10.1 Å². The van der Waals surface area contributed by atoms with Crippen LogP contribution in [-0.4, -0.2) is 27.4 Å². The van der Waals surface area contributed by atoms with Gasteiger partial charge in [-0.1, -0.05) is 43.9 Å². The molecule has 0 saturated heterocycles. The molecular weight excluding hydrogens is 379 g/mol. The quantitative estimate of drug-likeness (QED) is 0.763. The van der Waals surface area contributed by atoms with Crippen LogP contribution in [0.5, 0.6) is 0 Å². The third kappa shape index (κ3) is 4.52. The minimum Gasteiger partial charge on any atom is -0.349 e. The van der Waals surface area contributed by atoms with Crippen LogP contribution in [0.1, 0.15) is 48.9 Å². The van der Waals surface area contributed by atoms with Gasteiger partial charge in [0.2, 0.25) is 0 Å². The molecule has 3 rings (SSSR count). The van der Waals surface area contributed by atoms with E-state index in [1.54, 1.807) is 12.1 Å². The number of hydrogen-bond acceptors (Lipinski definition) is 3. The van der Waals surface area contributed by atoms with Crippen LogP contribution in [0.25, 0.3) is 0 Å². The summed E-state index contributed by atoms with van der Waals surface area (Å²) in [6.07, 6.45) is 6.43. The number of hydrogen-bond donors (Lipinski definition) is 1. The fourth-order valence-electron chi connectivity index (χ4n) is 3.48. The molecule has 0 aromatic heterocycles. The summed E-state index contributed by atoms with van der Waals surface area (Å²) >= 11 is 0. The van der Waals surface area contributed by atoms with E-state index in [4.69, 9.17) is 0 Å². The molecule has 0 unspecified atom stereocenters. The smallest absolute Gasteiger partial charge is 0.264 e. The standard InChI is InChI=1S/C21H25FN2O3S/c1-24(20-14-7-6-13-19(20)22)28(26,27)18-12-8-9-16(15-18)21(25)23-17-10-4-2-3-5-11-17/h6-9,12-15,17H,2-5,10-11H2,1H3,(H,23,25). The Morgan fingerprint density at radius 2 is 1.71 bits per heavy atom. The number of para-hydroxylation sites is 1. The molecule has 1 aliphatic rings. The van der Waals surface area contributed by atoms with Gasteiger partial charge in [0.1, 0.15) is 5.82 Å². The second-order valence-electron chi connectivity index (χ2n) is 7.11. The van der Waals surface area contributed by atoms with Crippen LogP contribution >= 0.6 is 0 Å². The van der Waals surface area contributed by atoms with Crippen LogP contribution in [0.3, 0.4) is 0 Å². The monoisotopic (exact) mass is 404 g/mol. The Morgan fingerprint density at radius 1 is 1.04 bits per heavy atom. The van der Waals surface area contributed by atoms with Crippen LogP contribution in [0.2, 0.25) is 0 Å². The van der Waals surface area contributed by atoms with E-state index in [0.29, 0.717) is 0 Å². The van der Waals surface area contributed by atoms with Crippen molar-refractivity contribution in [2.75, 3.05) is 11.4 Å². The fourth-order valence-corrected chi connectivity index (χ4v) is 4.73. The van der Waals surface area contributed by atoms with E-state index in [1.807, 2.05) is 0 Å². The van der Waals surface area contributed by atoms with Gasteiger partial charge < -0.3 is 5.32 Å². The predicted molar refractivity (Wildman–Crippen MR) is 107 cm³/mol. The predicted octanol–water partition coefficient (Wildman–Crippen LogP) is 4.10. The zero-order valence-electron chi connectivity index (χ0n) is 15.9. The van der Waals surface area contributed by atoms with Gasteiger partial charge in [-0.25, -0.2) is 12.8 Å². The number of sulfonamides is 1. The van der Waals surface area contributed by atoms with Crippen molar-refractivity contribution in [3.8, 4) is 0 Å². The highest BCUT2D eigenvalue weighted by molar-refractivity contribution is 7.92. The lowest BCUT2D eigenvalue weighted by molar-refractivity contribution is 0.0933. The molecule has 0 radical (unpaired) electrons. The fraction of sp³-hybridized carbons (Fsp3) is 0.381. The molecule has 0 spiro atoms. The summed E-state index contributed by atoms with van der Waals surface area (Å²) in [7, 11) is -2.70. The second-order valence-corrected chi connectivity index (χ2v) is 9.08. The van der Waals surface area contributed by atoms with Crippen LogP contribution in [0.15, 0.2) is 53.4 Å². The van der Waals surface area contributed by atoms with Gasteiger partial charge in [-0.2, -0.15) is 0 Å². The van der Waals surface area contributed by atoms with Gasteiger partial charge in [-0.3, -0.25) is 9.10 Å². The Morgan fingerprint density at radius 3 is 2.39 bits per heavy atom. The van der Waals surface area contributed by atoms with Gasteiger partial charge in [-0.05, 0) is 43.2 Å². The Kier molecular flexibility index (Phi) is 6.34. The maximum absolute atomic E-state index is 14.0. The Balaban J connectivity index is 1.81. The zero-order valence-corrected chi connectivity index (χ0v) is 16.7. The summed E-state index contributed by atoms with van der Waals surface area (Å²) in [6, 6.07) is 11.7. The van der Waals surface area contributed by atoms with E-state index in [0.717, 1.165) is 30.0 Å². The van der Waals surface area contributed by atoms with E-state index in [9.17, 15) is 17.6 Å². The molecule has 1 saturated carbocycles. The molecular formula is C21H25FN2O3S. The molecule has 28 heavy (non-hydrogen) atoms. The molecule has 5 nitrogen and oxygen atoms in total. The number of anilines is 1. The Hall–Kier alpha value is -2.41. The van der Waals surface area contributed by atoms with E-state index in [1.165, 1.54) is 56.3 Å². The molecule has 1 aliphatic carbocycles. The first kappa shape index (κ1) is 20.3. The number of carbonyl (C=O) groups excluding carboxylic acids is 1. The first-order valence-electron chi connectivity index (χ1n) is 9.54. The average molecular weight is 405 g/mol. The molecule has 2 aromatic rings. The summed E-state index contributed by atoms with van der Waals surface area (Å²) in [4.78, 5) is 12.6. The number of rotatable bonds is 5. The molecule has 1 amide bonds. The van der Waals surface area contributed by atoms with Crippen LogP contribution < -0.4 is 9.62 Å². The highest BCUT2D eigenvalue weighted by Crippen LogP contribution is 2.25. The number of nitrogens with zero attached hydrogens (tertiary/aromatic N) is 1. The van der Waals surface area contributed by atoms with Crippen molar-refractivity contribution in [2.24, 2.45) is 0 Å². The van der Waals surface area contributed by atoms with Gasteiger partial charge in [0.25, 0.3) is 15.9 Å². The zero-order chi connectivity index (χ0) is 20.1. The van der Waals surface area contributed by atoms with Gasteiger partial charge in [0.05, 0.1) is 10.6 Å². The van der Waals surface area contributed by atoms with Gasteiger partial charge in [0, 0.05) is 18.7 Å². The molecule has 2 aromatic carbocycles. The van der Waals surface area contributed by atoms with Crippen molar-refractivity contribution in [2.45, 2.75) is 49.5 Å². The van der Waals surface area contributed by atoms with Crippen molar-refractivity contribution in [1.29, 1.82) is 0 Å². The molecule has 0 heterocycles. The lowest BCUT2D eigenvalue weighted by atomic mass is 10.1. The lowest BCUT2D eigenvalue weighted by Gasteiger charge is -2.20. The number of carbonyl (C=O) groups is 1. The summed E-state index contributed by atoms with van der Waals surface area (Å²) < 4.78 is 40.8. The van der Waals surface area contributed by atoms with Crippen molar-refractivity contribution in [1.82, 2.24) is 5.32 Å². The first-order chi connectivity index (χ1) is 13.4. The van der Waals surface area contributed by atoms with Crippen molar-refractivity contribution in [3.63, 3.8) is 0 Å². The Bertz CT molecular complexity index is 938. The van der Waals surface area contributed by atoms with E-state index < -0.39 is 15.8 Å². The SMILES string of the molecule is CN(c1ccccc1F)S(=O)(=O)c1cccc(C(=O)NC2CCCCCC2)c1. The maximum Gasteiger partial charge on any atom is 0.264 e. The minimum atomic E-state index is -4.00. The summed E-state index contributed by atoms with van der Waals surface area (Å²) in [6.45, 7) is 0. The summed E-state index contributed by atoms with van der Waals surface area (Å²) in [5.41, 5.74) is 0.239.